The molecule has 4 rings (SSSR count). The molecule has 2 N–H and O–H groups in total. The minimum Gasteiger partial charge on any atom is -0.331 e. The molecule has 2 atom stereocenters. The summed E-state index contributed by atoms with van der Waals surface area (Å²) in [6.45, 7) is 0. The first-order valence-electron chi connectivity index (χ1n) is 4.99. The van der Waals surface area contributed by atoms with Gasteiger partial charge in [-0.15, -0.1) is 0 Å². The molecule has 5 heteroatoms. The van der Waals surface area contributed by atoms with E-state index in [0.717, 1.165) is 17.8 Å². The second-order valence-electron chi connectivity index (χ2n) is 4.02. The van der Waals surface area contributed by atoms with Crippen LogP contribution in [0.5, 0.6) is 0 Å². The first-order chi connectivity index (χ1) is 7.43. The molecule has 1 aromatic heterocycles. The highest BCUT2D eigenvalue weighted by Gasteiger charge is 2.65. The summed E-state index contributed by atoms with van der Waals surface area (Å²) in [5, 5.41) is 9.94. The van der Waals surface area contributed by atoms with Crippen LogP contribution in [0.15, 0.2) is 33.8 Å². The van der Waals surface area contributed by atoms with Crippen LogP contribution in [-0.2, 0) is 5.54 Å². The average Bonchev–Trinajstić information content (AvgIpc) is 2.74. The van der Waals surface area contributed by atoms with Crippen molar-refractivity contribution in [3.05, 3.63) is 29.4 Å². The standard InChI is InChI=1S/C10H9N5/c1-2-11-9-8-7(1)10(8,13-5-12-9)6-3-14-15-4-6/h2-5,7H,1H2,(H,12,13)(H,14,15). The van der Waals surface area contributed by atoms with E-state index < -0.39 is 0 Å². The molecule has 1 saturated carbocycles. The average molecular weight is 199 g/mol. The third-order valence-corrected chi connectivity index (χ3v) is 3.40. The molecule has 2 unspecified atom stereocenters. The molecule has 15 heavy (non-hydrogen) atoms. The SMILES string of the molecule is C1=NC2=C3C(C1)C3(c1cn[nH]c1)N=CN2. The van der Waals surface area contributed by atoms with Crippen molar-refractivity contribution in [2.75, 3.05) is 0 Å². The highest BCUT2D eigenvalue weighted by Crippen LogP contribution is 2.64. The van der Waals surface area contributed by atoms with Crippen molar-refractivity contribution in [2.45, 2.75) is 12.0 Å². The maximum atomic E-state index is 4.59. The number of nitrogens with one attached hydrogen (secondary N) is 2. The third-order valence-electron chi connectivity index (χ3n) is 3.40. The Bertz CT molecular complexity index is 510. The van der Waals surface area contributed by atoms with E-state index in [1.165, 1.54) is 5.57 Å². The van der Waals surface area contributed by atoms with Gasteiger partial charge in [-0.05, 0) is 6.42 Å². The minimum absolute atomic E-state index is 0.163. The normalized spacial score (nSPS) is 35.1. The number of nitrogens with zero attached hydrogens (tertiary/aromatic N) is 3. The maximum Gasteiger partial charge on any atom is 0.132 e. The number of aromatic nitrogens is 2. The van der Waals surface area contributed by atoms with Gasteiger partial charge in [0.1, 0.15) is 11.4 Å². The first-order valence-corrected chi connectivity index (χ1v) is 4.99. The Morgan fingerprint density at radius 3 is 3.33 bits per heavy atom. The molecule has 5 nitrogen and oxygen atoms in total. The Kier molecular flexibility index (Phi) is 1.08. The van der Waals surface area contributed by atoms with Crippen molar-refractivity contribution in [1.82, 2.24) is 15.5 Å². The van der Waals surface area contributed by atoms with Crippen molar-refractivity contribution in [1.29, 1.82) is 0 Å². The highest BCUT2D eigenvalue weighted by atomic mass is 15.2. The lowest BCUT2D eigenvalue weighted by Crippen LogP contribution is -2.18. The Labute approximate surface area is 86.0 Å². The van der Waals surface area contributed by atoms with Gasteiger partial charge in [-0.2, -0.15) is 5.10 Å². The molecular weight excluding hydrogens is 190 g/mol. The summed E-state index contributed by atoms with van der Waals surface area (Å²) in [6, 6.07) is 0. The molecular formula is C10H9N5. The number of H-pyrrole nitrogens is 1. The van der Waals surface area contributed by atoms with Crippen LogP contribution >= 0.6 is 0 Å². The van der Waals surface area contributed by atoms with E-state index in [0.29, 0.717) is 5.92 Å². The lowest BCUT2D eigenvalue weighted by atomic mass is 10.1. The van der Waals surface area contributed by atoms with E-state index in [9.17, 15) is 0 Å². The molecule has 1 fully saturated rings. The molecule has 0 saturated heterocycles. The summed E-state index contributed by atoms with van der Waals surface area (Å²) in [5.41, 5.74) is 2.29. The minimum atomic E-state index is -0.163. The van der Waals surface area contributed by atoms with Gasteiger partial charge in [-0.3, -0.25) is 10.1 Å². The lowest BCUT2D eigenvalue weighted by molar-refractivity contribution is 0.654. The van der Waals surface area contributed by atoms with Crippen molar-refractivity contribution >= 4 is 12.6 Å². The van der Waals surface area contributed by atoms with Crippen LogP contribution in [0.25, 0.3) is 0 Å². The summed E-state index contributed by atoms with van der Waals surface area (Å²) in [4.78, 5) is 8.94. The molecule has 0 amide bonds. The molecule has 1 aliphatic carbocycles. The van der Waals surface area contributed by atoms with E-state index >= 15 is 0 Å². The molecule has 2 aliphatic heterocycles. The fourth-order valence-corrected chi connectivity index (χ4v) is 2.69. The van der Waals surface area contributed by atoms with Gasteiger partial charge in [-0.25, -0.2) is 4.99 Å². The van der Waals surface area contributed by atoms with E-state index in [1.54, 1.807) is 6.34 Å². The van der Waals surface area contributed by atoms with Crippen LogP contribution in [-0.4, -0.2) is 22.8 Å². The van der Waals surface area contributed by atoms with Crippen molar-refractivity contribution in [3.63, 3.8) is 0 Å². The van der Waals surface area contributed by atoms with Crippen LogP contribution < -0.4 is 5.32 Å². The molecule has 1 aromatic rings. The van der Waals surface area contributed by atoms with E-state index in [1.807, 2.05) is 18.6 Å². The van der Waals surface area contributed by atoms with Crippen LogP contribution in [0.1, 0.15) is 12.0 Å². The quantitative estimate of drug-likeness (QED) is 0.693. The highest BCUT2D eigenvalue weighted by molar-refractivity contribution is 5.77. The Morgan fingerprint density at radius 1 is 1.47 bits per heavy atom. The van der Waals surface area contributed by atoms with Crippen molar-refractivity contribution < 1.29 is 0 Å². The van der Waals surface area contributed by atoms with E-state index in [2.05, 4.69) is 25.5 Å². The first kappa shape index (κ1) is 7.39. The van der Waals surface area contributed by atoms with Gasteiger partial charge >= 0.3 is 0 Å². The number of aromatic amines is 1. The fourth-order valence-electron chi connectivity index (χ4n) is 2.69. The zero-order chi connectivity index (χ0) is 9.88. The third kappa shape index (κ3) is 0.695. The second-order valence-corrected chi connectivity index (χ2v) is 4.02. The smallest absolute Gasteiger partial charge is 0.132 e. The monoisotopic (exact) mass is 199 g/mol. The largest absolute Gasteiger partial charge is 0.331 e. The van der Waals surface area contributed by atoms with E-state index in [-0.39, 0.29) is 5.54 Å². The summed E-state index contributed by atoms with van der Waals surface area (Å²) in [5.74, 6) is 1.45. The molecule has 3 heterocycles. The van der Waals surface area contributed by atoms with Gasteiger partial charge in [0.25, 0.3) is 0 Å². The van der Waals surface area contributed by atoms with Gasteiger partial charge in [-0.1, -0.05) is 0 Å². The summed E-state index contributed by atoms with van der Waals surface area (Å²) < 4.78 is 0. The molecule has 0 bridgehead atoms. The van der Waals surface area contributed by atoms with Gasteiger partial charge < -0.3 is 5.32 Å². The molecule has 3 aliphatic rings. The predicted molar refractivity (Wildman–Crippen MR) is 55.5 cm³/mol. The number of fused-ring (bicyclic) bond motifs is 1. The number of aliphatic imine (C=N–C) groups is 2. The summed E-state index contributed by atoms with van der Waals surface area (Å²) in [6.07, 6.45) is 8.46. The van der Waals surface area contributed by atoms with Gasteiger partial charge in [0.2, 0.25) is 0 Å². The Morgan fingerprint density at radius 2 is 2.47 bits per heavy atom. The second kappa shape index (κ2) is 2.18. The van der Waals surface area contributed by atoms with E-state index in [4.69, 9.17) is 0 Å². The van der Waals surface area contributed by atoms with Crippen LogP contribution in [0.3, 0.4) is 0 Å². The number of hydrogen-bond acceptors (Lipinski definition) is 4. The summed E-state index contributed by atoms with van der Waals surface area (Å²) in [7, 11) is 0. The number of hydrogen-bond donors (Lipinski definition) is 2. The van der Waals surface area contributed by atoms with Crippen LogP contribution in [0, 0.1) is 5.92 Å². The Hall–Kier alpha value is -1.91. The van der Waals surface area contributed by atoms with Gasteiger partial charge in [0, 0.05) is 29.5 Å². The van der Waals surface area contributed by atoms with Crippen molar-refractivity contribution in [3.8, 4) is 0 Å². The molecule has 0 spiro atoms. The predicted octanol–water partition coefficient (Wildman–Crippen LogP) is 0.552. The Balaban J connectivity index is 1.93. The van der Waals surface area contributed by atoms with Crippen molar-refractivity contribution in [2.24, 2.45) is 15.9 Å². The molecule has 74 valence electrons. The molecule has 0 radical (unpaired) electrons. The fraction of sp³-hybridized carbons (Fsp3) is 0.300. The zero-order valence-corrected chi connectivity index (χ0v) is 7.94. The van der Waals surface area contributed by atoms with Gasteiger partial charge in [0.05, 0.1) is 12.5 Å². The summed E-state index contributed by atoms with van der Waals surface area (Å²) >= 11 is 0. The van der Waals surface area contributed by atoms with Gasteiger partial charge in [0.15, 0.2) is 0 Å². The zero-order valence-electron chi connectivity index (χ0n) is 7.94. The van der Waals surface area contributed by atoms with Crippen LogP contribution in [0.4, 0.5) is 0 Å². The topological polar surface area (TPSA) is 65.4 Å². The van der Waals surface area contributed by atoms with Crippen LogP contribution in [0.2, 0.25) is 0 Å². The number of rotatable bonds is 1. The maximum absolute atomic E-state index is 4.59. The molecule has 0 aromatic carbocycles. The lowest BCUT2D eigenvalue weighted by Gasteiger charge is -2.12.